The molecular formula is C11H14INO2. The Morgan fingerprint density at radius 3 is 3.07 bits per heavy atom. The zero-order valence-corrected chi connectivity index (χ0v) is 10.6. The van der Waals surface area contributed by atoms with Crippen molar-refractivity contribution in [1.29, 1.82) is 0 Å². The number of nitrogens with zero attached hydrogens (tertiary/aromatic N) is 1. The summed E-state index contributed by atoms with van der Waals surface area (Å²) in [4.78, 5) is 11.5. The number of hydrogen-bond acceptors (Lipinski definition) is 2. The van der Waals surface area contributed by atoms with Gasteiger partial charge in [-0.3, -0.25) is 4.79 Å². The van der Waals surface area contributed by atoms with E-state index >= 15 is 0 Å². The number of hydrogen-bond donors (Lipinski definition) is 0. The molecule has 1 fully saturated rings. The molecule has 2 rings (SSSR count). The van der Waals surface area contributed by atoms with Gasteiger partial charge in [0.15, 0.2) is 0 Å². The van der Waals surface area contributed by atoms with Crippen molar-refractivity contribution in [1.82, 2.24) is 4.57 Å². The van der Waals surface area contributed by atoms with Gasteiger partial charge >= 0.3 is 0 Å². The normalized spacial score (nSPS) is 21.5. The van der Waals surface area contributed by atoms with Gasteiger partial charge in [-0.1, -0.05) is 0 Å². The summed E-state index contributed by atoms with van der Waals surface area (Å²) in [5, 5.41) is 0. The van der Waals surface area contributed by atoms with E-state index in [9.17, 15) is 4.79 Å². The molecule has 0 aliphatic carbocycles. The van der Waals surface area contributed by atoms with Crippen LogP contribution in [0.5, 0.6) is 0 Å². The smallest absolute Gasteiger partial charge is 0.250 e. The van der Waals surface area contributed by atoms with Crippen molar-refractivity contribution >= 4 is 22.6 Å². The zero-order valence-electron chi connectivity index (χ0n) is 8.49. The van der Waals surface area contributed by atoms with E-state index in [0.717, 1.165) is 23.0 Å². The lowest BCUT2D eigenvalue weighted by atomic mass is 10.1. The van der Waals surface area contributed by atoms with Crippen molar-refractivity contribution < 1.29 is 4.74 Å². The van der Waals surface area contributed by atoms with E-state index in [1.165, 1.54) is 6.42 Å². The van der Waals surface area contributed by atoms with Crippen LogP contribution in [0.25, 0.3) is 0 Å². The van der Waals surface area contributed by atoms with Gasteiger partial charge in [0.25, 0.3) is 5.56 Å². The largest absolute Gasteiger partial charge is 0.376 e. The zero-order chi connectivity index (χ0) is 10.7. The number of aromatic nitrogens is 1. The molecule has 1 aliphatic heterocycles. The minimum atomic E-state index is 0.0598. The van der Waals surface area contributed by atoms with E-state index in [1.54, 1.807) is 10.6 Å². The topological polar surface area (TPSA) is 31.2 Å². The Balaban J connectivity index is 2.09. The molecular weight excluding hydrogens is 305 g/mol. The quantitative estimate of drug-likeness (QED) is 0.781. The third-order valence-electron chi connectivity index (χ3n) is 2.62. The maximum atomic E-state index is 11.5. The summed E-state index contributed by atoms with van der Waals surface area (Å²) < 4.78 is 8.45. The highest BCUT2D eigenvalue weighted by atomic mass is 127. The Labute approximate surface area is 103 Å². The second kappa shape index (κ2) is 5.12. The standard InChI is InChI=1S/C11H14INO2/c12-9-4-5-11(14)13(7-9)8-10-3-1-2-6-15-10/h4-5,7,10H,1-3,6,8H2. The first-order valence-electron chi connectivity index (χ1n) is 5.23. The van der Waals surface area contributed by atoms with Crippen LogP contribution in [0.4, 0.5) is 0 Å². The van der Waals surface area contributed by atoms with Crippen LogP contribution < -0.4 is 5.56 Å². The number of halogens is 1. The molecule has 0 spiro atoms. The van der Waals surface area contributed by atoms with Gasteiger partial charge in [0.05, 0.1) is 12.6 Å². The van der Waals surface area contributed by atoms with Crippen LogP contribution >= 0.6 is 22.6 Å². The molecule has 1 atom stereocenters. The number of rotatable bonds is 2. The molecule has 0 aromatic carbocycles. The number of ether oxygens (including phenoxy) is 1. The molecule has 1 aliphatic rings. The van der Waals surface area contributed by atoms with Crippen molar-refractivity contribution in [3.05, 3.63) is 32.3 Å². The van der Waals surface area contributed by atoms with Gasteiger partial charge < -0.3 is 9.30 Å². The Morgan fingerprint density at radius 1 is 1.47 bits per heavy atom. The predicted molar refractivity (Wildman–Crippen MR) is 67.0 cm³/mol. The summed E-state index contributed by atoms with van der Waals surface area (Å²) in [5.41, 5.74) is 0.0598. The molecule has 0 N–H and O–H groups in total. The molecule has 4 heteroatoms. The SMILES string of the molecule is O=c1ccc(I)cn1CC1CCCCO1. The maximum absolute atomic E-state index is 11.5. The molecule has 1 aromatic heterocycles. The van der Waals surface area contributed by atoms with Crippen molar-refractivity contribution in [3.63, 3.8) is 0 Å². The highest BCUT2D eigenvalue weighted by Gasteiger charge is 2.14. The van der Waals surface area contributed by atoms with Gasteiger partial charge in [0.1, 0.15) is 0 Å². The highest BCUT2D eigenvalue weighted by Crippen LogP contribution is 2.14. The first kappa shape index (κ1) is 11.1. The van der Waals surface area contributed by atoms with Crippen LogP contribution in [0, 0.1) is 3.57 Å². The fourth-order valence-electron chi connectivity index (χ4n) is 1.82. The Morgan fingerprint density at radius 2 is 2.33 bits per heavy atom. The summed E-state index contributed by atoms with van der Waals surface area (Å²) in [6, 6.07) is 3.45. The third kappa shape index (κ3) is 3.04. The van der Waals surface area contributed by atoms with E-state index in [2.05, 4.69) is 22.6 Å². The average Bonchev–Trinajstić information content (AvgIpc) is 2.25. The van der Waals surface area contributed by atoms with E-state index in [-0.39, 0.29) is 11.7 Å². The molecule has 0 radical (unpaired) electrons. The highest BCUT2D eigenvalue weighted by molar-refractivity contribution is 14.1. The molecule has 1 saturated heterocycles. The molecule has 0 amide bonds. The predicted octanol–water partition coefficient (Wildman–Crippen LogP) is 2.02. The molecule has 3 nitrogen and oxygen atoms in total. The van der Waals surface area contributed by atoms with Gasteiger partial charge in [-0.15, -0.1) is 0 Å². The molecule has 15 heavy (non-hydrogen) atoms. The molecule has 1 aromatic rings. The summed E-state index contributed by atoms with van der Waals surface area (Å²) >= 11 is 2.22. The Bertz CT molecular complexity index is 382. The lowest BCUT2D eigenvalue weighted by Gasteiger charge is -2.23. The minimum Gasteiger partial charge on any atom is -0.376 e. The van der Waals surface area contributed by atoms with Crippen molar-refractivity contribution in [3.8, 4) is 0 Å². The molecule has 2 heterocycles. The van der Waals surface area contributed by atoms with E-state index in [0.29, 0.717) is 6.54 Å². The lowest BCUT2D eigenvalue weighted by Crippen LogP contribution is -2.30. The Hall–Kier alpha value is -0.360. The fourth-order valence-corrected chi connectivity index (χ4v) is 2.33. The van der Waals surface area contributed by atoms with Crippen LogP contribution in [0.1, 0.15) is 19.3 Å². The summed E-state index contributed by atoms with van der Waals surface area (Å²) in [6.45, 7) is 1.53. The van der Waals surface area contributed by atoms with Crippen molar-refractivity contribution in [2.24, 2.45) is 0 Å². The average molecular weight is 319 g/mol. The van der Waals surface area contributed by atoms with E-state index < -0.39 is 0 Å². The first-order chi connectivity index (χ1) is 7.25. The van der Waals surface area contributed by atoms with E-state index in [1.807, 2.05) is 12.3 Å². The van der Waals surface area contributed by atoms with Gasteiger partial charge in [-0.2, -0.15) is 0 Å². The van der Waals surface area contributed by atoms with Crippen LogP contribution in [0.2, 0.25) is 0 Å². The molecule has 0 saturated carbocycles. The van der Waals surface area contributed by atoms with Gasteiger partial charge in [0, 0.05) is 22.4 Å². The van der Waals surface area contributed by atoms with Gasteiger partial charge in [-0.25, -0.2) is 0 Å². The fraction of sp³-hybridized carbons (Fsp3) is 0.545. The van der Waals surface area contributed by atoms with Crippen LogP contribution in [0.15, 0.2) is 23.1 Å². The second-order valence-electron chi connectivity index (χ2n) is 3.83. The second-order valence-corrected chi connectivity index (χ2v) is 5.07. The van der Waals surface area contributed by atoms with Gasteiger partial charge in [-0.05, 0) is 47.9 Å². The number of pyridine rings is 1. The van der Waals surface area contributed by atoms with Crippen molar-refractivity contribution in [2.45, 2.75) is 31.9 Å². The summed E-state index contributed by atoms with van der Waals surface area (Å²) in [6.07, 6.45) is 5.54. The molecule has 0 bridgehead atoms. The van der Waals surface area contributed by atoms with Crippen molar-refractivity contribution in [2.75, 3.05) is 6.61 Å². The van der Waals surface area contributed by atoms with Crippen LogP contribution in [-0.4, -0.2) is 17.3 Å². The third-order valence-corrected chi connectivity index (χ3v) is 3.26. The molecule has 1 unspecified atom stereocenters. The van der Waals surface area contributed by atoms with Gasteiger partial charge in [0.2, 0.25) is 0 Å². The maximum Gasteiger partial charge on any atom is 0.250 e. The summed E-state index contributed by atoms with van der Waals surface area (Å²) in [7, 11) is 0. The van der Waals surface area contributed by atoms with E-state index in [4.69, 9.17) is 4.74 Å². The minimum absolute atomic E-state index is 0.0598. The summed E-state index contributed by atoms with van der Waals surface area (Å²) in [5.74, 6) is 0. The first-order valence-corrected chi connectivity index (χ1v) is 6.31. The monoisotopic (exact) mass is 319 g/mol. The van der Waals surface area contributed by atoms with Crippen LogP contribution in [0.3, 0.4) is 0 Å². The van der Waals surface area contributed by atoms with Crippen LogP contribution in [-0.2, 0) is 11.3 Å². The lowest BCUT2D eigenvalue weighted by molar-refractivity contribution is 0.00540. The Kier molecular flexibility index (Phi) is 3.80. The molecule has 82 valence electrons.